The third-order valence-electron chi connectivity index (χ3n) is 3.80. The first kappa shape index (κ1) is 15.4. The van der Waals surface area contributed by atoms with E-state index >= 15 is 0 Å². The molecule has 0 amide bonds. The first-order valence-corrected chi connectivity index (χ1v) is 8.46. The van der Waals surface area contributed by atoms with Gasteiger partial charge in [0.15, 0.2) is 0 Å². The summed E-state index contributed by atoms with van der Waals surface area (Å²) in [7, 11) is 0. The van der Waals surface area contributed by atoms with Gasteiger partial charge in [0.05, 0.1) is 11.0 Å². The number of aryl methyl sites for hydroxylation is 3. The Morgan fingerprint density at radius 3 is 2.70 bits per heavy atom. The molecule has 1 heterocycles. The number of aromatic nitrogens is 2. The average molecular weight is 290 g/mol. The molecule has 2 nitrogen and oxygen atoms in total. The van der Waals surface area contributed by atoms with Gasteiger partial charge in [0, 0.05) is 13.0 Å². The van der Waals surface area contributed by atoms with E-state index in [2.05, 4.69) is 49.2 Å². The Balaban J connectivity index is 2.13. The Hall–Kier alpha value is -0.960. The number of imidazole rings is 1. The Morgan fingerprint density at radius 2 is 1.95 bits per heavy atom. The van der Waals surface area contributed by atoms with E-state index in [1.165, 1.54) is 49.0 Å². The number of hydrogen-bond donors (Lipinski definition) is 1. The van der Waals surface area contributed by atoms with Gasteiger partial charge in [-0.25, -0.2) is 4.98 Å². The molecule has 0 saturated heterocycles. The SMILES string of the molecule is CCCCCCCn1c(CCS)nc2cc(C)ccc21. The zero-order chi connectivity index (χ0) is 14.4. The predicted octanol–water partition coefficient (Wildman–Crippen LogP) is 4.79. The molecule has 0 aliphatic rings. The fourth-order valence-electron chi connectivity index (χ4n) is 2.70. The van der Waals surface area contributed by atoms with Crippen molar-refractivity contribution >= 4 is 23.7 Å². The second kappa shape index (κ2) is 7.72. The van der Waals surface area contributed by atoms with Crippen LogP contribution in [0, 0.1) is 6.92 Å². The highest BCUT2D eigenvalue weighted by atomic mass is 32.1. The number of hydrogen-bond acceptors (Lipinski definition) is 2. The molecule has 0 aliphatic heterocycles. The Kier molecular flexibility index (Phi) is 5.96. The minimum absolute atomic E-state index is 0.859. The van der Waals surface area contributed by atoms with Gasteiger partial charge >= 0.3 is 0 Å². The molecule has 1 aromatic carbocycles. The standard InChI is InChI=1S/C17H26N2S/c1-3-4-5-6-7-11-19-16-9-8-14(2)13-15(16)18-17(19)10-12-20/h8-9,13,20H,3-7,10-12H2,1-2H3. The van der Waals surface area contributed by atoms with Gasteiger partial charge < -0.3 is 4.57 Å². The summed E-state index contributed by atoms with van der Waals surface area (Å²) < 4.78 is 2.40. The van der Waals surface area contributed by atoms with Crippen LogP contribution in [-0.2, 0) is 13.0 Å². The molecule has 0 saturated carbocycles. The summed E-state index contributed by atoms with van der Waals surface area (Å²) in [6.45, 7) is 5.48. The number of fused-ring (bicyclic) bond motifs is 1. The molecule has 3 heteroatoms. The highest BCUT2D eigenvalue weighted by Crippen LogP contribution is 2.19. The van der Waals surface area contributed by atoms with Crippen LogP contribution in [0.4, 0.5) is 0 Å². The zero-order valence-electron chi connectivity index (χ0n) is 12.7. The summed E-state index contributed by atoms with van der Waals surface area (Å²) in [5.74, 6) is 2.05. The first-order chi connectivity index (χ1) is 9.76. The molecule has 0 unspecified atom stereocenters. The molecule has 0 spiro atoms. The number of unbranched alkanes of at least 4 members (excludes halogenated alkanes) is 4. The fraction of sp³-hybridized carbons (Fsp3) is 0.588. The summed E-state index contributed by atoms with van der Waals surface area (Å²) in [5, 5.41) is 0. The van der Waals surface area contributed by atoms with Crippen LogP contribution in [0.1, 0.15) is 50.4 Å². The van der Waals surface area contributed by atoms with Crippen molar-refractivity contribution < 1.29 is 0 Å². The molecule has 0 atom stereocenters. The summed E-state index contributed by atoms with van der Waals surface area (Å²) in [6, 6.07) is 6.58. The molecule has 2 rings (SSSR count). The van der Waals surface area contributed by atoms with Crippen molar-refractivity contribution in [3.8, 4) is 0 Å². The van der Waals surface area contributed by atoms with Gasteiger partial charge in [0.2, 0.25) is 0 Å². The molecule has 0 fully saturated rings. The lowest BCUT2D eigenvalue weighted by molar-refractivity contribution is 0.564. The van der Waals surface area contributed by atoms with E-state index in [0.29, 0.717) is 0 Å². The number of rotatable bonds is 8. The molecule has 2 aromatic rings. The van der Waals surface area contributed by atoms with Gasteiger partial charge in [-0.1, -0.05) is 38.7 Å². The Labute approximate surface area is 128 Å². The van der Waals surface area contributed by atoms with Crippen LogP contribution in [0.2, 0.25) is 0 Å². The third-order valence-corrected chi connectivity index (χ3v) is 4.03. The maximum absolute atomic E-state index is 4.79. The topological polar surface area (TPSA) is 17.8 Å². The van der Waals surface area contributed by atoms with Crippen LogP contribution < -0.4 is 0 Å². The van der Waals surface area contributed by atoms with E-state index in [9.17, 15) is 0 Å². The van der Waals surface area contributed by atoms with Gasteiger partial charge in [-0.2, -0.15) is 12.6 Å². The lowest BCUT2D eigenvalue weighted by Gasteiger charge is -2.08. The van der Waals surface area contributed by atoms with Gasteiger partial charge in [-0.3, -0.25) is 0 Å². The van der Waals surface area contributed by atoms with E-state index in [1.54, 1.807) is 0 Å². The molecular formula is C17H26N2S. The Bertz CT molecular complexity index is 545. The quantitative estimate of drug-likeness (QED) is 0.547. The van der Waals surface area contributed by atoms with Crippen LogP contribution in [0.3, 0.4) is 0 Å². The smallest absolute Gasteiger partial charge is 0.110 e. The van der Waals surface area contributed by atoms with Crippen LogP contribution in [0.5, 0.6) is 0 Å². The van der Waals surface area contributed by atoms with E-state index in [4.69, 9.17) is 4.98 Å². The lowest BCUT2D eigenvalue weighted by Crippen LogP contribution is -2.05. The number of thiol groups is 1. The van der Waals surface area contributed by atoms with Crippen molar-refractivity contribution in [2.75, 3.05) is 5.75 Å². The largest absolute Gasteiger partial charge is 0.328 e. The maximum atomic E-state index is 4.79. The number of nitrogens with zero attached hydrogens (tertiary/aromatic N) is 2. The van der Waals surface area contributed by atoms with E-state index < -0.39 is 0 Å². The molecule has 1 aromatic heterocycles. The van der Waals surface area contributed by atoms with Crippen molar-refractivity contribution in [2.45, 2.75) is 58.9 Å². The highest BCUT2D eigenvalue weighted by molar-refractivity contribution is 7.80. The number of benzene rings is 1. The molecule has 110 valence electrons. The normalized spacial score (nSPS) is 11.3. The predicted molar refractivity (Wildman–Crippen MR) is 90.8 cm³/mol. The summed E-state index contributed by atoms with van der Waals surface area (Å²) >= 11 is 4.37. The summed E-state index contributed by atoms with van der Waals surface area (Å²) in [5.41, 5.74) is 3.70. The third kappa shape index (κ3) is 3.78. The highest BCUT2D eigenvalue weighted by Gasteiger charge is 2.09. The summed E-state index contributed by atoms with van der Waals surface area (Å²) in [4.78, 5) is 4.79. The lowest BCUT2D eigenvalue weighted by atomic mass is 10.1. The molecular weight excluding hydrogens is 264 g/mol. The van der Waals surface area contributed by atoms with E-state index in [-0.39, 0.29) is 0 Å². The fourth-order valence-corrected chi connectivity index (χ4v) is 2.90. The van der Waals surface area contributed by atoms with Crippen molar-refractivity contribution in [3.63, 3.8) is 0 Å². The average Bonchev–Trinajstić information content (AvgIpc) is 2.76. The first-order valence-electron chi connectivity index (χ1n) is 7.83. The van der Waals surface area contributed by atoms with Crippen molar-refractivity contribution in [3.05, 3.63) is 29.6 Å². The van der Waals surface area contributed by atoms with E-state index in [0.717, 1.165) is 24.2 Å². The van der Waals surface area contributed by atoms with Crippen molar-refractivity contribution in [1.82, 2.24) is 9.55 Å². The van der Waals surface area contributed by atoms with Gasteiger partial charge in [-0.15, -0.1) is 0 Å². The van der Waals surface area contributed by atoms with Gasteiger partial charge in [0.1, 0.15) is 5.82 Å². The molecule has 0 aliphatic carbocycles. The van der Waals surface area contributed by atoms with Crippen LogP contribution in [0.25, 0.3) is 11.0 Å². The second-order valence-electron chi connectivity index (χ2n) is 5.56. The maximum Gasteiger partial charge on any atom is 0.110 e. The molecule has 0 N–H and O–H groups in total. The Morgan fingerprint density at radius 1 is 1.15 bits per heavy atom. The minimum atomic E-state index is 0.859. The van der Waals surface area contributed by atoms with Crippen LogP contribution in [-0.4, -0.2) is 15.3 Å². The molecule has 0 bridgehead atoms. The minimum Gasteiger partial charge on any atom is -0.328 e. The van der Waals surface area contributed by atoms with Crippen molar-refractivity contribution in [2.24, 2.45) is 0 Å². The summed E-state index contributed by atoms with van der Waals surface area (Å²) in [6.07, 6.45) is 7.53. The van der Waals surface area contributed by atoms with Gasteiger partial charge in [-0.05, 0) is 36.8 Å². The monoisotopic (exact) mass is 290 g/mol. The zero-order valence-corrected chi connectivity index (χ0v) is 13.6. The van der Waals surface area contributed by atoms with Gasteiger partial charge in [0.25, 0.3) is 0 Å². The van der Waals surface area contributed by atoms with Crippen molar-refractivity contribution in [1.29, 1.82) is 0 Å². The van der Waals surface area contributed by atoms with Crippen LogP contribution >= 0.6 is 12.6 Å². The second-order valence-corrected chi connectivity index (χ2v) is 6.01. The van der Waals surface area contributed by atoms with Crippen LogP contribution in [0.15, 0.2) is 18.2 Å². The molecule has 0 radical (unpaired) electrons. The van der Waals surface area contributed by atoms with E-state index in [1.807, 2.05) is 0 Å². The molecule has 20 heavy (non-hydrogen) atoms.